The van der Waals surface area contributed by atoms with Crippen molar-refractivity contribution in [3.8, 4) is 0 Å². The Hall–Kier alpha value is -4.03. The summed E-state index contributed by atoms with van der Waals surface area (Å²) in [6.07, 6.45) is 24.3. The first-order valence-electron chi connectivity index (χ1n) is 23.1. The summed E-state index contributed by atoms with van der Waals surface area (Å²) in [6, 6.07) is 0. The third-order valence-corrected chi connectivity index (χ3v) is 15.5. The SMILES string of the molecule is CCCCCCCC[PH+](CCCCCCCC)CCCCCCCC.Fc1c(F)c(F)c([B-](c2c(F)c(F)c(F)c(F)c2F)(c2c(F)c(F)c(F)c(F)c2F)c2c(F)c(F)c(F)c(F)c2F)c(F)c1F. The van der Waals surface area contributed by atoms with Gasteiger partial charge in [0.25, 0.3) is 0 Å². The van der Waals surface area contributed by atoms with Crippen LogP contribution in [0.3, 0.4) is 0 Å². The van der Waals surface area contributed by atoms with Crippen LogP contribution in [0.5, 0.6) is 0 Å². The molecule has 0 saturated carbocycles. The predicted molar refractivity (Wildman–Crippen MR) is 232 cm³/mol. The van der Waals surface area contributed by atoms with Gasteiger partial charge in [-0.1, -0.05) is 97.8 Å². The van der Waals surface area contributed by atoms with Gasteiger partial charge in [-0.2, -0.15) is 0 Å². The van der Waals surface area contributed by atoms with Gasteiger partial charge < -0.3 is 0 Å². The molecule has 0 saturated heterocycles. The topological polar surface area (TPSA) is 0 Å². The lowest BCUT2D eigenvalue weighted by molar-refractivity contribution is 0.378. The summed E-state index contributed by atoms with van der Waals surface area (Å²) in [5.41, 5.74) is -14.3. The van der Waals surface area contributed by atoms with E-state index in [9.17, 15) is 52.7 Å². The maximum atomic E-state index is 15.4. The highest BCUT2D eigenvalue weighted by molar-refractivity contribution is 7.57. The monoisotopic (exact) mass is 1050 g/mol. The minimum Gasteiger partial charge on any atom is -0.207 e. The number of hydrogen-bond acceptors (Lipinski definition) is 0. The molecule has 0 N–H and O–H groups in total. The molecule has 0 amide bonds. The Morgan fingerprint density at radius 2 is 0.357 bits per heavy atom. The van der Waals surface area contributed by atoms with Crippen molar-refractivity contribution >= 4 is 35.9 Å². The highest BCUT2D eigenvalue weighted by atomic mass is 31.1. The lowest BCUT2D eigenvalue weighted by Gasteiger charge is -2.44. The normalized spacial score (nSPS) is 11.8. The van der Waals surface area contributed by atoms with E-state index in [4.69, 9.17) is 0 Å². The summed E-state index contributed by atoms with van der Waals surface area (Å²) in [7, 11) is -0.0222. The summed E-state index contributed by atoms with van der Waals surface area (Å²) in [4.78, 5) is 0. The fourth-order valence-corrected chi connectivity index (χ4v) is 11.7. The second kappa shape index (κ2) is 27.7. The van der Waals surface area contributed by atoms with Crippen LogP contribution in [0.1, 0.15) is 136 Å². The van der Waals surface area contributed by atoms with Crippen LogP contribution in [0, 0.1) is 116 Å². The van der Waals surface area contributed by atoms with Crippen molar-refractivity contribution in [1.82, 2.24) is 0 Å². The molecule has 0 aliphatic heterocycles. The fraction of sp³-hybridized carbons (Fsp3) is 0.500. The van der Waals surface area contributed by atoms with Crippen LogP contribution in [0.15, 0.2) is 0 Å². The number of unbranched alkanes of at least 4 members (excludes halogenated alkanes) is 15. The minimum absolute atomic E-state index is 0.0222. The molecule has 70 heavy (non-hydrogen) atoms. The molecular weight excluding hydrogens is 998 g/mol. The van der Waals surface area contributed by atoms with E-state index < -0.39 is 144 Å². The van der Waals surface area contributed by atoms with Gasteiger partial charge in [-0.3, -0.25) is 0 Å². The lowest BCUT2D eigenvalue weighted by Crippen LogP contribution is -2.81. The molecule has 0 aromatic heterocycles. The van der Waals surface area contributed by atoms with E-state index in [0.29, 0.717) is 0 Å². The third-order valence-electron chi connectivity index (χ3n) is 12.4. The molecule has 0 spiro atoms. The number of halogens is 20. The Morgan fingerprint density at radius 3 is 0.529 bits per heavy atom. The molecule has 0 radical (unpaired) electrons. The van der Waals surface area contributed by atoms with Gasteiger partial charge in [0, 0.05) is 7.92 Å². The van der Waals surface area contributed by atoms with Crippen molar-refractivity contribution in [3.05, 3.63) is 116 Å². The molecule has 0 aliphatic rings. The third kappa shape index (κ3) is 12.9. The highest BCUT2D eigenvalue weighted by Gasteiger charge is 2.52. The van der Waals surface area contributed by atoms with Gasteiger partial charge in [-0.15, -0.1) is 21.9 Å². The van der Waals surface area contributed by atoms with Crippen molar-refractivity contribution in [2.45, 2.75) is 136 Å². The molecule has 4 rings (SSSR count). The summed E-state index contributed by atoms with van der Waals surface area (Å²) in [5, 5.41) is 0. The second-order valence-corrected chi connectivity index (χ2v) is 20.1. The van der Waals surface area contributed by atoms with Crippen molar-refractivity contribution in [3.63, 3.8) is 0 Å². The Labute approximate surface area is 394 Å². The first-order valence-corrected chi connectivity index (χ1v) is 25.2. The molecule has 4 aromatic carbocycles. The summed E-state index contributed by atoms with van der Waals surface area (Å²) in [5.74, 6) is -71.4. The van der Waals surface area contributed by atoms with E-state index >= 15 is 35.1 Å². The minimum atomic E-state index is -7.22. The molecule has 0 aliphatic carbocycles. The molecule has 4 aromatic rings. The average Bonchev–Trinajstić information content (AvgIpc) is 3.34. The second-order valence-electron chi connectivity index (χ2n) is 17.1. The van der Waals surface area contributed by atoms with Crippen LogP contribution in [-0.2, 0) is 0 Å². The number of benzene rings is 4. The zero-order chi connectivity index (χ0) is 52.8. The van der Waals surface area contributed by atoms with E-state index in [-0.39, 0.29) is 7.92 Å². The average molecular weight is 1050 g/mol. The summed E-state index contributed by atoms with van der Waals surface area (Å²) in [6.45, 7) is 6.96. The quantitative estimate of drug-likeness (QED) is 0.0155. The van der Waals surface area contributed by atoms with Gasteiger partial charge in [0.05, 0.1) is 18.5 Å². The first kappa shape index (κ1) is 60.3. The van der Waals surface area contributed by atoms with Crippen LogP contribution in [0.2, 0.25) is 0 Å². The van der Waals surface area contributed by atoms with Crippen LogP contribution in [-0.4, -0.2) is 24.6 Å². The smallest absolute Gasteiger partial charge is 0.200 e. The lowest BCUT2D eigenvalue weighted by atomic mass is 9.12. The standard InChI is InChI=1S/C24BF20.C24H51P/c26-5-1(6(27)14(35)21(42)13(5)34)25(2-7(28)15(36)22(43)16(37)8(2)29,3-9(30)17(38)23(44)18(39)10(3)31)4-11(32)19(40)24(45)20(41)12(4)33;1-4-7-10-13-16-19-22-25(23-20-17-14-11-8-5-2)24-21-18-15-12-9-6-3/h;4-24H2,1-3H3/q-1;/p+1. The van der Waals surface area contributed by atoms with Crippen molar-refractivity contribution < 1.29 is 87.8 Å². The molecular formula is C48H52BF20P. The summed E-state index contributed by atoms with van der Waals surface area (Å²) >= 11 is 0. The highest BCUT2D eigenvalue weighted by Crippen LogP contribution is 2.40. The Bertz CT molecular complexity index is 1970. The Balaban J connectivity index is 0.000000442. The molecule has 0 unspecified atom stereocenters. The molecule has 0 atom stereocenters. The van der Waals surface area contributed by atoms with Gasteiger partial charge in [-0.25, -0.2) is 87.8 Å². The van der Waals surface area contributed by atoms with Gasteiger partial charge in [0.15, 0.2) is 69.8 Å². The predicted octanol–water partition coefficient (Wildman–Crippen LogP) is 15.1. The van der Waals surface area contributed by atoms with Crippen molar-refractivity contribution in [2.75, 3.05) is 18.5 Å². The van der Waals surface area contributed by atoms with Gasteiger partial charge in [0.2, 0.25) is 0 Å². The first-order chi connectivity index (χ1) is 33.0. The Morgan fingerprint density at radius 1 is 0.214 bits per heavy atom. The van der Waals surface area contributed by atoms with E-state index in [2.05, 4.69) is 20.8 Å². The van der Waals surface area contributed by atoms with Crippen molar-refractivity contribution in [2.24, 2.45) is 0 Å². The zero-order valence-electron chi connectivity index (χ0n) is 38.5. The van der Waals surface area contributed by atoms with E-state index in [1.54, 1.807) is 37.7 Å². The molecule has 0 nitrogen and oxygen atoms in total. The zero-order valence-corrected chi connectivity index (χ0v) is 39.5. The van der Waals surface area contributed by atoms with Gasteiger partial charge in [0.1, 0.15) is 52.7 Å². The maximum Gasteiger partial charge on any atom is 0.200 e. The Kier molecular flexibility index (Phi) is 23.9. The van der Waals surface area contributed by atoms with Crippen LogP contribution < -0.4 is 21.9 Å². The van der Waals surface area contributed by atoms with Gasteiger partial charge in [-0.05, 0) is 38.5 Å². The molecule has 0 bridgehead atoms. The molecule has 392 valence electrons. The summed E-state index contributed by atoms with van der Waals surface area (Å²) < 4.78 is 294. The van der Waals surface area contributed by atoms with Crippen LogP contribution >= 0.6 is 7.92 Å². The van der Waals surface area contributed by atoms with Crippen LogP contribution in [0.25, 0.3) is 0 Å². The van der Waals surface area contributed by atoms with Crippen molar-refractivity contribution in [1.29, 1.82) is 0 Å². The molecule has 0 heterocycles. The van der Waals surface area contributed by atoms with Gasteiger partial charge >= 0.3 is 0 Å². The van der Waals surface area contributed by atoms with E-state index in [1.807, 2.05) is 0 Å². The van der Waals surface area contributed by atoms with E-state index in [0.717, 1.165) is 0 Å². The van der Waals surface area contributed by atoms with Crippen LogP contribution in [0.4, 0.5) is 87.8 Å². The van der Waals surface area contributed by atoms with E-state index in [1.165, 1.54) is 96.3 Å². The largest absolute Gasteiger partial charge is 0.207 e. The molecule has 22 heteroatoms. The fourth-order valence-electron chi connectivity index (χ4n) is 8.72. The molecule has 0 fully saturated rings. The maximum absolute atomic E-state index is 15.4. The number of hydrogen-bond donors (Lipinski definition) is 0. The number of rotatable bonds is 25.